The first-order valence-corrected chi connectivity index (χ1v) is 9.42. The molecule has 0 saturated carbocycles. The van der Waals surface area contributed by atoms with Crippen molar-refractivity contribution in [3.8, 4) is 5.75 Å². The SMILES string of the molecule is CCCCc1cc(OC)c(C[C@H](CC)NC(=O)OC(C)(C)C)cc1Cl. The molecule has 1 aromatic rings. The molecule has 0 aliphatic rings. The van der Waals surface area contributed by atoms with Gasteiger partial charge in [-0.1, -0.05) is 31.9 Å². The van der Waals surface area contributed by atoms with Crippen LogP contribution in [0.3, 0.4) is 0 Å². The molecule has 0 aliphatic heterocycles. The quantitative estimate of drug-likeness (QED) is 0.654. The molecule has 4 nitrogen and oxygen atoms in total. The van der Waals surface area contributed by atoms with Gasteiger partial charge in [0.05, 0.1) is 7.11 Å². The molecule has 0 saturated heterocycles. The Balaban J connectivity index is 2.87. The van der Waals surface area contributed by atoms with Crippen LogP contribution in [0.1, 0.15) is 65.0 Å². The Hall–Kier alpha value is -1.42. The van der Waals surface area contributed by atoms with E-state index in [1.807, 2.05) is 39.8 Å². The third-order valence-corrected chi connectivity index (χ3v) is 4.28. The van der Waals surface area contributed by atoms with Crippen LogP contribution in [0, 0.1) is 0 Å². The number of hydrogen-bond donors (Lipinski definition) is 1. The molecular formula is C20H32ClNO3. The van der Waals surface area contributed by atoms with Gasteiger partial charge in [0.25, 0.3) is 0 Å². The van der Waals surface area contributed by atoms with Crippen molar-refractivity contribution in [3.05, 3.63) is 28.3 Å². The third kappa shape index (κ3) is 7.55. The summed E-state index contributed by atoms with van der Waals surface area (Å²) in [7, 11) is 1.67. The first-order chi connectivity index (χ1) is 11.7. The van der Waals surface area contributed by atoms with Crippen molar-refractivity contribution < 1.29 is 14.3 Å². The maximum atomic E-state index is 12.0. The standard InChI is InChI=1S/C20H32ClNO3/c1-7-9-10-14-13-18(24-6)15(12-17(14)21)11-16(8-2)22-19(23)25-20(3,4)5/h12-13,16H,7-11H2,1-6H3,(H,22,23)/t16-/m0/s1. The molecule has 1 rings (SSSR count). The first kappa shape index (κ1) is 21.6. The molecule has 0 unspecified atom stereocenters. The highest BCUT2D eigenvalue weighted by Gasteiger charge is 2.20. The van der Waals surface area contributed by atoms with Gasteiger partial charge in [0.15, 0.2) is 0 Å². The van der Waals surface area contributed by atoms with E-state index in [4.69, 9.17) is 21.1 Å². The average molecular weight is 370 g/mol. The van der Waals surface area contributed by atoms with E-state index in [2.05, 4.69) is 12.2 Å². The van der Waals surface area contributed by atoms with Crippen molar-refractivity contribution in [2.24, 2.45) is 0 Å². The maximum Gasteiger partial charge on any atom is 0.407 e. The fraction of sp³-hybridized carbons (Fsp3) is 0.650. The second-order valence-electron chi connectivity index (χ2n) is 7.31. The summed E-state index contributed by atoms with van der Waals surface area (Å²) < 4.78 is 10.9. The monoisotopic (exact) mass is 369 g/mol. The van der Waals surface area contributed by atoms with Crippen LogP contribution < -0.4 is 10.1 Å². The summed E-state index contributed by atoms with van der Waals surface area (Å²) in [5.41, 5.74) is 1.59. The maximum absolute atomic E-state index is 12.0. The zero-order valence-electron chi connectivity index (χ0n) is 16.4. The van der Waals surface area contributed by atoms with Crippen LogP contribution in [0.25, 0.3) is 0 Å². The summed E-state index contributed by atoms with van der Waals surface area (Å²) in [6.45, 7) is 9.75. The Morgan fingerprint density at radius 1 is 1.24 bits per heavy atom. The molecule has 1 aromatic carbocycles. The number of unbranched alkanes of at least 4 members (excludes halogenated alkanes) is 1. The molecule has 1 N–H and O–H groups in total. The summed E-state index contributed by atoms with van der Waals surface area (Å²) in [5, 5.41) is 3.69. The molecule has 0 heterocycles. The second kappa shape index (κ2) is 9.91. The van der Waals surface area contributed by atoms with E-state index in [-0.39, 0.29) is 6.04 Å². The molecule has 0 radical (unpaired) electrons. The van der Waals surface area contributed by atoms with Crippen LogP contribution in [0.4, 0.5) is 4.79 Å². The van der Waals surface area contributed by atoms with Crippen molar-refractivity contribution in [1.29, 1.82) is 0 Å². The highest BCUT2D eigenvalue weighted by Crippen LogP contribution is 2.29. The van der Waals surface area contributed by atoms with Crippen LogP contribution in [-0.2, 0) is 17.6 Å². The predicted octanol–water partition coefficient (Wildman–Crippen LogP) is 5.54. The minimum Gasteiger partial charge on any atom is -0.496 e. The van der Waals surface area contributed by atoms with Gasteiger partial charge >= 0.3 is 6.09 Å². The normalized spacial score (nSPS) is 12.6. The Morgan fingerprint density at radius 3 is 2.44 bits per heavy atom. The number of rotatable bonds is 8. The number of ether oxygens (including phenoxy) is 2. The van der Waals surface area contributed by atoms with E-state index in [9.17, 15) is 4.79 Å². The van der Waals surface area contributed by atoms with Gasteiger partial charge in [-0.25, -0.2) is 4.79 Å². The van der Waals surface area contributed by atoms with Crippen LogP contribution in [0.15, 0.2) is 12.1 Å². The molecule has 0 spiro atoms. The summed E-state index contributed by atoms with van der Waals surface area (Å²) in [5.74, 6) is 0.819. The predicted molar refractivity (Wildman–Crippen MR) is 104 cm³/mol. The van der Waals surface area contributed by atoms with Gasteiger partial charge in [0, 0.05) is 11.1 Å². The molecule has 0 fully saturated rings. The van der Waals surface area contributed by atoms with E-state index < -0.39 is 11.7 Å². The van der Waals surface area contributed by atoms with Crippen LogP contribution >= 0.6 is 11.6 Å². The Morgan fingerprint density at radius 2 is 1.92 bits per heavy atom. The minimum absolute atomic E-state index is 0.0405. The fourth-order valence-corrected chi connectivity index (χ4v) is 2.86. The van der Waals surface area contributed by atoms with Gasteiger partial charge in [0.1, 0.15) is 11.4 Å². The van der Waals surface area contributed by atoms with Crippen LogP contribution in [0.2, 0.25) is 5.02 Å². The molecule has 0 aliphatic carbocycles. The zero-order chi connectivity index (χ0) is 19.0. The molecule has 1 atom stereocenters. The summed E-state index contributed by atoms with van der Waals surface area (Å²) >= 11 is 6.45. The number of halogens is 1. The molecule has 142 valence electrons. The average Bonchev–Trinajstić information content (AvgIpc) is 2.51. The smallest absolute Gasteiger partial charge is 0.407 e. The lowest BCUT2D eigenvalue weighted by Crippen LogP contribution is -2.40. The van der Waals surface area contributed by atoms with Crippen molar-refractivity contribution >= 4 is 17.7 Å². The number of methoxy groups -OCH3 is 1. The Bertz CT molecular complexity index is 567. The van der Waals surface area contributed by atoms with Gasteiger partial charge in [-0.05, 0) is 69.7 Å². The second-order valence-corrected chi connectivity index (χ2v) is 7.72. The van der Waals surface area contributed by atoms with E-state index >= 15 is 0 Å². The number of alkyl carbamates (subject to hydrolysis) is 1. The summed E-state index contributed by atoms with van der Waals surface area (Å²) in [6.07, 6.45) is 4.20. The lowest BCUT2D eigenvalue weighted by Gasteiger charge is -2.24. The number of benzene rings is 1. The molecule has 25 heavy (non-hydrogen) atoms. The highest BCUT2D eigenvalue weighted by atomic mass is 35.5. The molecule has 0 bridgehead atoms. The molecular weight excluding hydrogens is 338 g/mol. The lowest BCUT2D eigenvalue weighted by molar-refractivity contribution is 0.0502. The third-order valence-electron chi connectivity index (χ3n) is 3.93. The van der Waals surface area contributed by atoms with E-state index in [0.29, 0.717) is 6.42 Å². The fourth-order valence-electron chi connectivity index (χ4n) is 2.58. The lowest BCUT2D eigenvalue weighted by atomic mass is 9.99. The van der Waals surface area contributed by atoms with E-state index in [0.717, 1.165) is 47.6 Å². The Kier molecular flexibility index (Phi) is 8.57. The number of carbonyl (C=O) groups excluding carboxylic acids is 1. The van der Waals surface area contributed by atoms with Gasteiger partial charge in [0.2, 0.25) is 0 Å². The molecule has 5 heteroatoms. The largest absolute Gasteiger partial charge is 0.496 e. The number of aryl methyl sites for hydroxylation is 1. The molecule has 0 aromatic heterocycles. The topological polar surface area (TPSA) is 47.6 Å². The van der Waals surface area contributed by atoms with Gasteiger partial charge in [-0.15, -0.1) is 0 Å². The van der Waals surface area contributed by atoms with Crippen molar-refractivity contribution in [2.45, 2.75) is 78.4 Å². The van der Waals surface area contributed by atoms with Gasteiger partial charge in [-0.2, -0.15) is 0 Å². The number of hydrogen-bond acceptors (Lipinski definition) is 3. The minimum atomic E-state index is -0.510. The highest BCUT2D eigenvalue weighted by molar-refractivity contribution is 6.31. The zero-order valence-corrected chi connectivity index (χ0v) is 17.1. The van der Waals surface area contributed by atoms with Crippen LogP contribution in [-0.4, -0.2) is 24.8 Å². The van der Waals surface area contributed by atoms with Crippen molar-refractivity contribution in [1.82, 2.24) is 5.32 Å². The molecule has 1 amide bonds. The number of nitrogens with one attached hydrogen (secondary N) is 1. The van der Waals surface area contributed by atoms with Crippen LogP contribution in [0.5, 0.6) is 5.75 Å². The van der Waals surface area contributed by atoms with Gasteiger partial charge in [-0.3, -0.25) is 0 Å². The Labute approximate surface area is 157 Å². The van der Waals surface area contributed by atoms with E-state index in [1.54, 1.807) is 7.11 Å². The first-order valence-electron chi connectivity index (χ1n) is 9.04. The van der Waals surface area contributed by atoms with E-state index in [1.165, 1.54) is 0 Å². The number of amides is 1. The van der Waals surface area contributed by atoms with Crippen molar-refractivity contribution in [3.63, 3.8) is 0 Å². The van der Waals surface area contributed by atoms with Gasteiger partial charge < -0.3 is 14.8 Å². The number of carbonyl (C=O) groups is 1. The van der Waals surface area contributed by atoms with Crippen molar-refractivity contribution in [2.75, 3.05) is 7.11 Å². The summed E-state index contributed by atoms with van der Waals surface area (Å²) in [4.78, 5) is 12.0. The summed E-state index contributed by atoms with van der Waals surface area (Å²) in [6, 6.07) is 3.94.